The molecule has 2 aromatic heterocycles. The number of carboxylic acid groups (broad SMARTS) is 1. The van der Waals surface area contributed by atoms with Crippen LogP contribution in [0, 0.1) is 0 Å². The van der Waals surface area contributed by atoms with Crippen molar-refractivity contribution in [1.29, 1.82) is 0 Å². The van der Waals surface area contributed by atoms with Crippen LogP contribution in [0.1, 0.15) is 62.3 Å². The topological polar surface area (TPSA) is 248 Å². The van der Waals surface area contributed by atoms with Gasteiger partial charge < -0.3 is 74.6 Å². The fraction of sp³-hybridized carbons (Fsp3) is 0.319. The van der Waals surface area contributed by atoms with Crippen molar-refractivity contribution in [3.05, 3.63) is 259 Å². The number of ether oxygens (including phenoxy) is 3. The predicted molar refractivity (Wildman–Crippen MR) is 490 cm³/mol. The summed E-state index contributed by atoms with van der Waals surface area (Å²) in [7, 11) is 1.38. The van der Waals surface area contributed by atoms with E-state index < -0.39 is 11.6 Å². The van der Waals surface area contributed by atoms with Crippen LogP contribution in [-0.4, -0.2) is 214 Å². The molecule has 5 aliphatic heterocycles. The second kappa shape index (κ2) is 46.3. The van der Waals surface area contributed by atoms with Gasteiger partial charge in [0.1, 0.15) is 22.6 Å². The predicted octanol–water partition coefficient (Wildman–Crippen LogP) is 15.9. The Morgan fingerprint density at radius 3 is 1.03 bits per heavy atom. The van der Waals surface area contributed by atoms with Gasteiger partial charge in [0.05, 0.1) is 40.3 Å². The number of esters is 1. The van der Waals surface area contributed by atoms with Crippen LogP contribution in [0.3, 0.4) is 0 Å². The van der Waals surface area contributed by atoms with E-state index in [9.17, 15) is 24.3 Å². The molecule has 0 radical (unpaired) electrons. The molecule has 30 heteroatoms. The Hall–Kier alpha value is -9.25. The first-order chi connectivity index (χ1) is 57.2. The molecule has 0 saturated carbocycles. The fourth-order valence-electron chi connectivity index (χ4n) is 13.6. The number of benzene rings is 9. The molecule has 16 rings (SSSR count). The average molecular weight is 1820 g/mol. The second-order valence-corrected chi connectivity index (χ2v) is 33.5. The van der Waals surface area contributed by atoms with Crippen LogP contribution < -0.4 is 69.6 Å². The number of fused-ring (bicyclic) bond motifs is 2. The van der Waals surface area contributed by atoms with E-state index in [4.69, 9.17) is 92.2 Å². The number of nitrogens with one attached hydrogen (secondary N) is 2. The van der Waals surface area contributed by atoms with Crippen molar-refractivity contribution in [2.45, 2.75) is 52.7 Å². The Morgan fingerprint density at radius 2 is 0.694 bits per heavy atom. The zero-order chi connectivity index (χ0) is 84.6. The molecule has 9 aromatic carbocycles. The molecule has 4 N–H and O–H groups in total. The Kier molecular flexibility index (Phi) is 36.6. The molecule has 0 atom stereocenters. The second-order valence-electron chi connectivity index (χ2n) is 30.4. The Balaban J connectivity index is 0.000000175. The number of rotatable bonds is 10. The van der Waals surface area contributed by atoms with Crippen LogP contribution in [0.5, 0.6) is 0 Å². The number of methoxy groups -OCH3 is 1. The van der Waals surface area contributed by atoms with E-state index in [0.29, 0.717) is 35.2 Å². The van der Waals surface area contributed by atoms with Crippen LogP contribution in [0.25, 0.3) is 44.6 Å². The normalized spacial score (nSPS) is 14.7. The number of carboxylic acids is 1. The molecule has 5 fully saturated rings. The number of hydrogen-bond donors (Lipinski definition) is 3. The van der Waals surface area contributed by atoms with Gasteiger partial charge in [0.25, 0.3) is 0 Å². The summed E-state index contributed by atoms with van der Waals surface area (Å²) < 4.78 is 16.5. The summed E-state index contributed by atoms with van der Waals surface area (Å²) in [6, 6.07) is 69.4. The Morgan fingerprint density at radius 1 is 0.372 bits per heavy atom. The maximum Gasteiger partial charge on any atom is 1.00 e. The summed E-state index contributed by atoms with van der Waals surface area (Å²) in [5, 5.41) is 19.7. The number of carbonyl (C=O) groups excluding carboxylic acids is 3. The maximum atomic E-state index is 12.0. The minimum atomic E-state index is -0.975. The average Bonchev–Trinajstić information content (AvgIpc) is 0.777. The number of aromatic nitrogens is 4. The number of hydrogen-bond acceptors (Lipinski definition) is 20. The van der Waals surface area contributed by atoms with Crippen LogP contribution in [-0.2, 0) is 14.2 Å². The van der Waals surface area contributed by atoms with Gasteiger partial charge in [0.15, 0.2) is 11.6 Å². The first-order valence-electron chi connectivity index (χ1n) is 39.6. The zero-order valence-electron chi connectivity index (χ0n) is 69.3. The quantitative estimate of drug-likeness (QED) is 0.0654. The van der Waals surface area contributed by atoms with Gasteiger partial charge in [-0.05, 0) is 169 Å². The standard InChI is InChI=1S/C26H23ClN4O2.C25H21ClN4O2.C15H21ClN2O2.C10H13ClN2.C9H18N2O2.C6H4BrCl.Na.H2O/c1-33-26(32)19-10-11-22-23(16-19)29-25(24(28-22)18-6-3-2-4-7-18)31-14-12-30(13-15-31)21-9-5-8-20(27)17-21;26-19-7-4-8-20(16-19)29-11-13-30(14-12-29)24-23(17-5-2-1-3-6-17)27-21-10-9-18(25(31)32)15-22(21)28-24;1-15(2,3)20-14(19)18-9-7-17(8-10-18)13-6-4-5-12(16)11-13;11-9-2-1-3-10(8-9)13-6-4-12-5-7-13;1-9(2,3)13-8(12)11-6-4-10-5-7-11;7-5-2-1-3-6(8)4-5;;/h2-11,16-17H,12-15H2,1H3;1-10,15-16H,11-14H2,(H,31,32);4-6,11H,7-10H2,1-3H3;1-3,8,12H,4-7H2;10H,4-7H2,1-3H3;1-4H;;1H2/q;;;;;;+1;/p-1. The fourth-order valence-corrected chi connectivity index (χ4v) is 15.0. The SMILES string of the molecule is CC(C)(C)OC(=O)N1CCN(c2cccc(Cl)c2)CC1.CC(C)(C)OC(=O)N1CCNCC1.COC(=O)c1ccc2nc(-c3ccccc3)c(N3CCN(c4cccc(Cl)c4)CC3)nc2c1.Clc1cccc(Br)c1.Clc1cccc(N2CCNCC2)c1.O=C(O)c1ccc2nc(-c3ccccc3)c(N3CCN(c4cccc(Cl)c4)CC3)nc2c1.[Na+].[OH-]. The molecule has 0 bridgehead atoms. The number of carbonyl (C=O) groups is 4. The third-order valence-electron chi connectivity index (χ3n) is 19.5. The van der Waals surface area contributed by atoms with Crippen LogP contribution in [0.4, 0.5) is 44.0 Å². The summed E-state index contributed by atoms with van der Waals surface area (Å²) in [4.78, 5) is 83.8. The van der Waals surface area contributed by atoms with Crippen molar-refractivity contribution >= 4 is 155 Å². The molecule has 0 aliphatic carbocycles. The van der Waals surface area contributed by atoms with Crippen LogP contribution in [0.2, 0.25) is 25.1 Å². The van der Waals surface area contributed by atoms with E-state index in [1.807, 2.05) is 211 Å². The molecular weight excluding hydrogens is 1710 g/mol. The van der Waals surface area contributed by atoms with Gasteiger partial charge in [-0.1, -0.05) is 165 Å². The first kappa shape index (κ1) is 95.6. The van der Waals surface area contributed by atoms with Crippen LogP contribution >= 0.6 is 73.9 Å². The molecule has 0 unspecified atom stereocenters. The Bertz CT molecular complexity index is 5190. The van der Waals surface area contributed by atoms with Gasteiger partial charge in [-0.25, -0.2) is 39.1 Å². The molecular formula is C91H101BrCl5N14NaO9. The molecule has 121 heavy (non-hydrogen) atoms. The molecule has 7 heterocycles. The van der Waals surface area contributed by atoms with Gasteiger partial charge in [0, 0.05) is 194 Å². The molecule has 5 aliphatic rings. The largest absolute Gasteiger partial charge is 1.00 e. The molecule has 0 spiro atoms. The number of anilines is 6. The number of nitrogens with zero attached hydrogens (tertiary/aromatic N) is 12. The van der Waals surface area contributed by atoms with Gasteiger partial charge >= 0.3 is 53.7 Å². The van der Waals surface area contributed by atoms with Crippen molar-refractivity contribution < 1.29 is 73.5 Å². The van der Waals surface area contributed by atoms with Gasteiger partial charge in [-0.3, -0.25) is 0 Å². The summed E-state index contributed by atoms with van der Waals surface area (Å²) in [5.74, 6) is 0.235. The molecule has 632 valence electrons. The summed E-state index contributed by atoms with van der Waals surface area (Å²) in [6.45, 7) is 28.1. The minimum Gasteiger partial charge on any atom is -0.870 e. The van der Waals surface area contributed by atoms with E-state index in [1.54, 1.807) is 40.1 Å². The van der Waals surface area contributed by atoms with E-state index in [1.165, 1.54) is 12.8 Å². The third-order valence-corrected chi connectivity index (χ3v) is 21.2. The summed E-state index contributed by atoms with van der Waals surface area (Å²) >= 11 is 33.2. The van der Waals surface area contributed by atoms with Crippen molar-refractivity contribution in [3.63, 3.8) is 0 Å². The van der Waals surface area contributed by atoms with E-state index >= 15 is 0 Å². The zero-order valence-corrected chi connectivity index (χ0v) is 76.7. The monoisotopic (exact) mass is 1810 g/mol. The smallest absolute Gasteiger partial charge is 0.870 e. The molecule has 11 aromatic rings. The number of aromatic carboxylic acids is 1. The van der Waals surface area contributed by atoms with E-state index in [0.717, 1.165) is 204 Å². The van der Waals surface area contributed by atoms with Crippen molar-refractivity contribution in [2.75, 3.05) is 167 Å². The van der Waals surface area contributed by atoms with Crippen molar-refractivity contribution in [1.82, 2.24) is 40.4 Å². The van der Waals surface area contributed by atoms with Crippen molar-refractivity contribution in [2.24, 2.45) is 0 Å². The molecule has 2 amide bonds. The van der Waals surface area contributed by atoms with Gasteiger partial charge in [-0.2, -0.15) is 0 Å². The number of piperazine rings is 5. The maximum absolute atomic E-state index is 12.0. The van der Waals surface area contributed by atoms with Crippen molar-refractivity contribution in [3.8, 4) is 22.5 Å². The van der Waals surface area contributed by atoms with E-state index in [2.05, 4.69) is 74.2 Å². The Labute approximate surface area is 763 Å². The van der Waals surface area contributed by atoms with E-state index in [-0.39, 0.29) is 64.4 Å². The summed E-state index contributed by atoms with van der Waals surface area (Å²) in [5.41, 5.74) is 10.7. The third kappa shape index (κ3) is 28.9. The molecule has 23 nitrogen and oxygen atoms in total. The number of amides is 2. The minimum absolute atomic E-state index is 0. The van der Waals surface area contributed by atoms with Crippen LogP contribution in [0.15, 0.2) is 223 Å². The first-order valence-corrected chi connectivity index (χ1v) is 42.2. The number of halogens is 6. The van der Waals surface area contributed by atoms with Gasteiger partial charge in [-0.15, -0.1) is 0 Å². The van der Waals surface area contributed by atoms with Gasteiger partial charge in [0.2, 0.25) is 0 Å². The molecule has 5 saturated heterocycles. The summed E-state index contributed by atoms with van der Waals surface area (Å²) in [6.07, 6.45) is -0.433.